The molecule has 3 saturated heterocycles. The number of imidazole rings is 2. The molecule has 4 aliphatic rings. The van der Waals surface area contributed by atoms with Crippen LogP contribution in [0.25, 0.3) is 11.2 Å². The third-order valence-electron chi connectivity index (χ3n) is 7.44. The Balaban J connectivity index is 1.19. The number of hydrogen-bond donors (Lipinski definition) is 5. The van der Waals surface area contributed by atoms with Gasteiger partial charge in [-0.05, 0) is 0 Å². The van der Waals surface area contributed by atoms with Crippen LogP contribution in [0.1, 0.15) is 24.3 Å². The molecule has 5 unspecified atom stereocenters. The number of phosphoric acid groups is 2. The van der Waals surface area contributed by atoms with Crippen LogP contribution < -0.4 is 32.3 Å². The number of guanidine groups is 1. The Kier molecular flexibility index (Phi) is 7.43. The number of fused-ring (bicyclic) bond motifs is 5. The number of hydrogen-bond acceptors (Lipinski definition) is 20. The summed E-state index contributed by atoms with van der Waals surface area (Å²) in [6.45, 7) is -1.87. The first-order valence-electron chi connectivity index (χ1n) is 13.1. The van der Waals surface area contributed by atoms with Crippen LogP contribution in [-0.4, -0.2) is 90.0 Å². The zero-order chi connectivity index (χ0) is 31.8. The number of halogens is 1. The van der Waals surface area contributed by atoms with Crippen LogP contribution in [0.15, 0.2) is 24.0 Å². The van der Waals surface area contributed by atoms with Gasteiger partial charge >= 0.3 is 0 Å². The maximum atomic E-state index is 15.8. The summed E-state index contributed by atoms with van der Waals surface area (Å²) in [4.78, 5) is 45.9. The van der Waals surface area contributed by atoms with Crippen LogP contribution in [-0.2, 0) is 36.7 Å². The molecule has 0 spiro atoms. The summed E-state index contributed by atoms with van der Waals surface area (Å²) in [7, 11) is -10.8. The zero-order valence-electron chi connectivity index (χ0n) is 22.5. The number of nitrogens with two attached hydrogens (primary N) is 3. The van der Waals surface area contributed by atoms with Gasteiger partial charge in [0.05, 0.1) is 25.9 Å². The molecule has 3 aromatic heterocycles. The number of aliphatic hydroxyl groups excluding tert-OH is 1. The van der Waals surface area contributed by atoms with E-state index in [1.165, 1.54) is 10.9 Å². The van der Waals surface area contributed by atoms with Crippen molar-refractivity contribution in [2.45, 2.75) is 55.3 Å². The lowest BCUT2D eigenvalue weighted by atomic mass is 10.1. The van der Waals surface area contributed by atoms with E-state index in [9.17, 15) is 24.0 Å². The number of aromatic nitrogens is 6. The first-order valence-corrected chi connectivity index (χ1v) is 16.0. The molecule has 11 atom stereocenters. The van der Waals surface area contributed by atoms with E-state index in [0.717, 1.165) is 17.2 Å². The smallest absolute Gasteiger partial charge is 0.268 e. The fourth-order valence-electron chi connectivity index (χ4n) is 5.39. The topological polar surface area (TPSA) is 320 Å². The second kappa shape index (κ2) is 11.0. The fourth-order valence-corrected chi connectivity index (χ4v) is 7.25. The number of aliphatic imine (C=N–C) groups is 1. The highest BCUT2D eigenvalue weighted by atomic mass is 31.2. The van der Waals surface area contributed by atoms with Crippen LogP contribution in [0.4, 0.5) is 16.0 Å². The number of nitrogens with zero attached hydrogens (tertiary/aromatic N) is 7. The summed E-state index contributed by atoms with van der Waals surface area (Å²) >= 11 is 0. The predicted molar refractivity (Wildman–Crippen MR) is 140 cm³/mol. The molecule has 0 aliphatic carbocycles. The Morgan fingerprint density at radius 2 is 1.62 bits per heavy atom. The summed E-state index contributed by atoms with van der Waals surface area (Å²) in [6, 6.07) is 0. The minimum Gasteiger partial charge on any atom is -0.756 e. The SMILES string of the molecule is NC1=NC(N)c2ncn([C@@H]3O[C@@H]4COP(=O)([O-])O[C@@H]5C(F)[C@H](n6cnc7c(N)ncnc76)O[C@@H]5COP(=O)([O-])O[C@H]3C4O)c2N1. The van der Waals surface area contributed by atoms with E-state index in [-0.39, 0.29) is 34.5 Å². The van der Waals surface area contributed by atoms with E-state index in [0.29, 0.717) is 0 Å². The molecular weight excluding hydrogens is 651 g/mol. The normalized spacial score (nSPS) is 40.5. The van der Waals surface area contributed by atoms with Gasteiger partial charge in [0.1, 0.15) is 60.0 Å². The van der Waals surface area contributed by atoms with E-state index < -0.39 is 84.2 Å². The molecule has 7 heterocycles. The number of rotatable bonds is 2. The number of nitrogen functional groups attached to an aromatic ring is 1. The van der Waals surface area contributed by atoms with Crippen LogP contribution in [0.3, 0.4) is 0 Å². The third kappa shape index (κ3) is 5.39. The molecule has 0 radical (unpaired) electrons. The number of alkyl halides is 1. The van der Waals surface area contributed by atoms with Crippen molar-refractivity contribution in [3.8, 4) is 0 Å². The van der Waals surface area contributed by atoms with Gasteiger partial charge in [0.2, 0.25) is 0 Å². The highest BCUT2D eigenvalue weighted by Gasteiger charge is 2.52. The largest absolute Gasteiger partial charge is 0.756 e. The number of aliphatic hydroxyl groups is 1. The number of nitrogens with one attached hydrogen (secondary N) is 1. The van der Waals surface area contributed by atoms with Crippen LogP contribution in [0.5, 0.6) is 0 Å². The van der Waals surface area contributed by atoms with Crippen molar-refractivity contribution < 1.29 is 56.0 Å². The number of anilines is 2. The Bertz CT molecular complexity index is 1760. The van der Waals surface area contributed by atoms with E-state index in [2.05, 4.69) is 30.2 Å². The maximum absolute atomic E-state index is 15.8. The molecular formula is C20H24FN11O11P2-2. The predicted octanol–water partition coefficient (Wildman–Crippen LogP) is -2.75. The van der Waals surface area contributed by atoms with Gasteiger partial charge in [0.15, 0.2) is 36.1 Å². The lowest BCUT2D eigenvalue weighted by Crippen LogP contribution is -2.37. The molecule has 0 aromatic carbocycles. The number of phosphoric ester groups is 2. The van der Waals surface area contributed by atoms with Crippen molar-refractivity contribution in [1.29, 1.82) is 0 Å². The summed E-state index contributed by atoms with van der Waals surface area (Å²) in [5.41, 5.74) is 17.9. The Morgan fingerprint density at radius 3 is 2.38 bits per heavy atom. The summed E-state index contributed by atoms with van der Waals surface area (Å²) in [6.07, 6.45) is -11.6. The molecule has 244 valence electrons. The van der Waals surface area contributed by atoms with Gasteiger partial charge in [-0.3, -0.25) is 18.3 Å². The average molecular weight is 675 g/mol. The lowest BCUT2D eigenvalue weighted by molar-refractivity contribution is -0.240. The highest BCUT2D eigenvalue weighted by Crippen LogP contribution is 2.51. The van der Waals surface area contributed by atoms with Crippen molar-refractivity contribution in [3.63, 3.8) is 0 Å². The zero-order valence-corrected chi connectivity index (χ0v) is 24.3. The minimum atomic E-state index is -5.38. The fraction of sp³-hybridized carbons (Fsp3) is 0.550. The molecule has 3 aromatic rings. The van der Waals surface area contributed by atoms with E-state index in [1.807, 2.05) is 0 Å². The van der Waals surface area contributed by atoms with E-state index in [4.69, 9.17) is 44.8 Å². The quantitative estimate of drug-likeness (QED) is 0.172. The molecule has 0 amide bonds. The standard InChI is InChI=1S/C20H26FN11O11P2/c21-8-12-7(41-18(8)31-4-27-9-14(22)25-3-26-16(9)31)2-39-45(36,37)43-13-11(33)6(1-38-44(34,35)42-12)40-19(13)32-5-28-10-15(23)29-20(24)30-17(10)32/h3-8,11-13,15,18-19,33H,1-2,23H2,(H,34,35)(H,36,37)(H2,22,25,26)(H3,24,29,30)/p-2/t6-,7-,8?,11?,12+,13+,15?,18-,19-/m1/s1. The molecule has 25 heteroatoms. The van der Waals surface area contributed by atoms with Crippen LogP contribution in [0.2, 0.25) is 0 Å². The van der Waals surface area contributed by atoms with Gasteiger partial charge in [0, 0.05) is 0 Å². The lowest BCUT2D eigenvalue weighted by Gasteiger charge is -2.32. The van der Waals surface area contributed by atoms with Gasteiger partial charge in [0.25, 0.3) is 15.6 Å². The van der Waals surface area contributed by atoms with Crippen molar-refractivity contribution in [1.82, 2.24) is 29.1 Å². The van der Waals surface area contributed by atoms with Crippen molar-refractivity contribution in [2.75, 3.05) is 24.3 Å². The Hall–Kier alpha value is -3.18. The van der Waals surface area contributed by atoms with Gasteiger partial charge in [-0.15, -0.1) is 0 Å². The molecule has 45 heavy (non-hydrogen) atoms. The van der Waals surface area contributed by atoms with E-state index in [1.54, 1.807) is 0 Å². The van der Waals surface area contributed by atoms with Gasteiger partial charge in [-0.2, -0.15) is 0 Å². The molecule has 3 fully saturated rings. The molecule has 22 nitrogen and oxygen atoms in total. The molecule has 2 bridgehead atoms. The second-order valence-electron chi connectivity index (χ2n) is 10.2. The molecule has 4 aliphatic heterocycles. The molecule has 0 saturated carbocycles. The van der Waals surface area contributed by atoms with Gasteiger partial charge in [-0.1, -0.05) is 0 Å². The summed E-state index contributed by atoms with van der Waals surface area (Å²) in [5, 5.41) is 13.7. The van der Waals surface area contributed by atoms with Crippen molar-refractivity contribution in [2.24, 2.45) is 16.5 Å². The monoisotopic (exact) mass is 675 g/mol. The minimum absolute atomic E-state index is 0.0139. The highest BCUT2D eigenvalue weighted by molar-refractivity contribution is 7.46. The Labute approximate surface area is 250 Å². The number of ether oxygens (including phenoxy) is 2. The van der Waals surface area contributed by atoms with Crippen LogP contribution in [0, 0.1) is 0 Å². The summed E-state index contributed by atoms with van der Waals surface area (Å²) in [5.74, 6) is 0.0384. The molecule has 7 rings (SSSR count). The van der Waals surface area contributed by atoms with Crippen LogP contribution >= 0.6 is 15.6 Å². The maximum Gasteiger partial charge on any atom is 0.268 e. The Morgan fingerprint density at radius 1 is 0.956 bits per heavy atom. The first kappa shape index (κ1) is 30.5. The average Bonchev–Trinajstić information content (AvgIpc) is 3.72. The van der Waals surface area contributed by atoms with Gasteiger partial charge < -0.3 is 65.0 Å². The second-order valence-corrected chi connectivity index (χ2v) is 13.0. The van der Waals surface area contributed by atoms with Crippen molar-refractivity contribution >= 4 is 44.4 Å². The van der Waals surface area contributed by atoms with Gasteiger partial charge in [-0.25, -0.2) is 29.3 Å². The molecule has 8 N–H and O–H groups in total. The summed E-state index contributed by atoms with van der Waals surface area (Å²) < 4.78 is 75.8. The van der Waals surface area contributed by atoms with Crippen molar-refractivity contribution in [3.05, 3.63) is 24.7 Å². The third-order valence-corrected chi connectivity index (χ3v) is 9.37. The van der Waals surface area contributed by atoms with E-state index >= 15 is 4.39 Å². The first-order chi connectivity index (χ1) is 21.3.